The van der Waals surface area contributed by atoms with Gasteiger partial charge in [-0.2, -0.15) is 4.98 Å². The molecule has 2 aromatic carbocycles. The minimum atomic E-state index is -0.523. The number of rotatable bonds is 5. The average molecular weight is 424 g/mol. The molecule has 1 amide bonds. The predicted molar refractivity (Wildman–Crippen MR) is 117 cm³/mol. The number of nitrogens with one attached hydrogen (secondary N) is 2. The van der Waals surface area contributed by atoms with Crippen molar-refractivity contribution in [1.82, 2.24) is 14.8 Å². The number of nitrogens with zero attached hydrogens (tertiary/aromatic N) is 3. The molecule has 0 fully saturated rings. The van der Waals surface area contributed by atoms with E-state index < -0.39 is 6.04 Å². The molecule has 2 N–H and O–H groups in total. The van der Waals surface area contributed by atoms with Gasteiger partial charge in [-0.3, -0.25) is 4.79 Å². The maximum Gasteiger partial charge on any atom is 0.255 e. The van der Waals surface area contributed by atoms with Crippen LogP contribution >= 0.6 is 11.8 Å². The Kier molecular flexibility index (Phi) is 5.59. The molecule has 1 unspecified atom stereocenters. The quantitative estimate of drug-likeness (QED) is 0.579. The monoisotopic (exact) mass is 423 g/mol. The van der Waals surface area contributed by atoms with E-state index in [4.69, 9.17) is 0 Å². The van der Waals surface area contributed by atoms with Crippen LogP contribution in [0.1, 0.15) is 31.0 Å². The fourth-order valence-corrected chi connectivity index (χ4v) is 4.05. The van der Waals surface area contributed by atoms with Crippen molar-refractivity contribution in [3.05, 3.63) is 76.7 Å². The second-order valence-electron chi connectivity index (χ2n) is 7.04. The summed E-state index contributed by atoms with van der Waals surface area (Å²) < 4.78 is 15.3. The van der Waals surface area contributed by atoms with Gasteiger partial charge in [-0.15, -0.1) is 5.10 Å². The van der Waals surface area contributed by atoms with Gasteiger partial charge < -0.3 is 10.6 Å². The molecule has 0 saturated heterocycles. The van der Waals surface area contributed by atoms with Crippen molar-refractivity contribution in [3.63, 3.8) is 0 Å². The fourth-order valence-electron chi connectivity index (χ4n) is 3.49. The highest BCUT2D eigenvalue weighted by molar-refractivity contribution is 7.99. The number of aromatic nitrogens is 3. The van der Waals surface area contributed by atoms with Crippen LogP contribution in [-0.4, -0.2) is 26.4 Å². The van der Waals surface area contributed by atoms with Crippen molar-refractivity contribution >= 4 is 29.3 Å². The van der Waals surface area contributed by atoms with Crippen LogP contribution in [0.4, 0.5) is 16.0 Å². The number of allylic oxidation sites excluding steroid dienone is 1. The number of carbonyl (C=O) groups is 1. The molecule has 1 aromatic heterocycles. The van der Waals surface area contributed by atoms with Crippen LogP contribution in [0.25, 0.3) is 0 Å². The van der Waals surface area contributed by atoms with Gasteiger partial charge in [-0.25, -0.2) is 9.07 Å². The molecule has 0 bridgehead atoms. The summed E-state index contributed by atoms with van der Waals surface area (Å²) >= 11 is 1.52. The first kappa shape index (κ1) is 20.2. The molecule has 0 spiro atoms. The van der Waals surface area contributed by atoms with Gasteiger partial charge in [0.25, 0.3) is 5.91 Å². The Balaban J connectivity index is 1.77. The molecule has 4 rings (SSSR count). The van der Waals surface area contributed by atoms with Crippen LogP contribution < -0.4 is 10.6 Å². The maximum atomic E-state index is 13.6. The standard InChI is InChI=1S/C22H22FN5OS/c1-4-30-22-26-21-24-14(3)18(20(29)25-17-7-5-6-13(2)12-17)19(28(21)27-22)15-8-10-16(23)11-9-15/h5-12,19H,4H2,1-3H3,(H,25,29)(H,24,26,27). The van der Waals surface area contributed by atoms with E-state index >= 15 is 0 Å². The van der Waals surface area contributed by atoms with Gasteiger partial charge in [0.1, 0.15) is 11.9 Å². The second-order valence-corrected chi connectivity index (χ2v) is 8.27. The molecule has 0 radical (unpaired) electrons. The zero-order valence-electron chi connectivity index (χ0n) is 16.9. The highest BCUT2D eigenvalue weighted by Gasteiger charge is 2.34. The van der Waals surface area contributed by atoms with E-state index in [1.54, 1.807) is 16.8 Å². The number of halogens is 1. The smallest absolute Gasteiger partial charge is 0.255 e. The third-order valence-electron chi connectivity index (χ3n) is 4.81. The minimum absolute atomic E-state index is 0.245. The van der Waals surface area contributed by atoms with Gasteiger partial charge in [0, 0.05) is 11.4 Å². The molecule has 1 aliphatic heterocycles. The molecule has 154 valence electrons. The van der Waals surface area contributed by atoms with Gasteiger partial charge in [-0.05, 0) is 55.0 Å². The predicted octanol–water partition coefficient (Wildman–Crippen LogP) is 4.77. The van der Waals surface area contributed by atoms with E-state index in [9.17, 15) is 9.18 Å². The average Bonchev–Trinajstić information content (AvgIpc) is 3.10. The molecule has 6 nitrogen and oxygen atoms in total. The first-order valence-electron chi connectivity index (χ1n) is 9.67. The highest BCUT2D eigenvalue weighted by Crippen LogP contribution is 2.36. The Labute approximate surface area is 178 Å². The summed E-state index contributed by atoms with van der Waals surface area (Å²) in [6.45, 7) is 5.84. The van der Waals surface area contributed by atoms with E-state index in [1.165, 1.54) is 23.9 Å². The van der Waals surface area contributed by atoms with Gasteiger partial charge in [-0.1, -0.05) is 43.0 Å². The fraction of sp³-hybridized carbons (Fsp3) is 0.227. The Morgan fingerprint density at radius 1 is 1.23 bits per heavy atom. The lowest BCUT2D eigenvalue weighted by Gasteiger charge is -2.28. The maximum absolute atomic E-state index is 13.6. The van der Waals surface area contributed by atoms with Crippen LogP contribution in [0, 0.1) is 12.7 Å². The summed E-state index contributed by atoms with van der Waals surface area (Å²) in [5.74, 6) is 0.813. The molecule has 0 aliphatic carbocycles. The molecular formula is C22H22FN5OS. The van der Waals surface area contributed by atoms with Crippen LogP contribution in [0.2, 0.25) is 0 Å². The lowest BCUT2D eigenvalue weighted by atomic mass is 9.95. The summed E-state index contributed by atoms with van der Waals surface area (Å²) in [6, 6.07) is 13.2. The first-order chi connectivity index (χ1) is 14.5. The number of aryl methyl sites for hydroxylation is 1. The summed E-state index contributed by atoms with van der Waals surface area (Å²) in [5.41, 5.74) is 3.71. The Hall–Kier alpha value is -3.13. The van der Waals surface area contributed by atoms with Gasteiger partial charge in [0.15, 0.2) is 0 Å². The molecule has 30 heavy (non-hydrogen) atoms. The third kappa shape index (κ3) is 3.95. The Morgan fingerprint density at radius 3 is 2.70 bits per heavy atom. The van der Waals surface area contributed by atoms with Gasteiger partial charge in [0.2, 0.25) is 11.1 Å². The summed E-state index contributed by atoms with van der Waals surface area (Å²) in [7, 11) is 0. The van der Waals surface area contributed by atoms with E-state index in [-0.39, 0.29) is 11.7 Å². The molecule has 3 aromatic rings. The molecule has 1 aliphatic rings. The number of carbonyl (C=O) groups excluding carboxylic acids is 1. The van der Waals surface area contributed by atoms with E-state index in [2.05, 4.69) is 20.7 Å². The van der Waals surface area contributed by atoms with Crippen LogP contribution in [0.15, 0.2) is 65.0 Å². The Bertz CT molecular complexity index is 1120. The minimum Gasteiger partial charge on any atom is -0.328 e. The molecule has 8 heteroatoms. The topological polar surface area (TPSA) is 71.8 Å². The van der Waals surface area contributed by atoms with Gasteiger partial charge in [0.05, 0.1) is 5.57 Å². The number of hydrogen-bond donors (Lipinski definition) is 2. The largest absolute Gasteiger partial charge is 0.328 e. The Morgan fingerprint density at radius 2 is 2.00 bits per heavy atom. The number of hydrogen-bond acceptors (Lipinski definition) is 5. The number of amides is 1. The number of fused-ring (bicyclic) bond motifs is 1. The molecule has 1 atom stereocenters. The SMILES string of the molecule is CCSc1nc2n(n1)C(c1ccc(F)cc1)C(C(=O)Nc1cccc(C)c1)=C(C)N2. The zero-order valence-corrected chi connectivity index (χ0v) is 17.8. The van der Waals surface area contributed by atoms with Crippen molar-refractivity contribution in [2.45, 2.75) is 32.0 Å². The van der Waals surface area contributed by atoms with Crippen molar-refractivity contribution in [2.24, 2.45) is 0 Å². The summed E-state index contributed by atoms with van der Waals surface area (Å²) in [6.07, 6.45) is 0. The van der Waals surface area contributed by atoms with Crippen molar-refractivity contribution in [1.29, 1.82) is 0 Å². The number of benzene rings is 2. The first-order valence-corrected chi connectivity index (χ1v) is 10.7. The van der Waals surface area contributed by atoms with E-state index in [0.717, 1.165) is 16.9 Å². The van der Waals surface area contributed by atoms with Gasteiger partial charge >= 0.3 is 0 Å². The van der Waals surface area contributed by atoms with Crippen molar-refractivity contribution < 1.29 is 9.18 Å². The lowest BCUT2D eigenvalue weighted by Crippen LogP contribution is -2.31. The van der Waals surface area contributed by atoms with E-state index in [0.29, 0.717) is 28.1 Å². The van der Waals surface area contributed by atoms with Crippen LogP contribution in [0.5, 0.6) is 0 Å². The molecule has 2 heterocycles. The zero-order chi connectivity index (χ0) is 21.3. The summed E-state index contributed by atoms with van der Waals surface area (Å²) in [4.78, 5) is 17.9. The molecule has 0 saturated carbocycles. The second kappa shape index (κ2) is 8.31. The number of anilines is 2. The van der Waals surface area contributed by atoms with Crippen molar-refractivity contribution in [2.75, 3.05) is 16.4 Å². The highest BCUT2D eigenvalue weighted by atomic mass is 32.2. The third-order valence-corrected chi connectivity index (χ3v) is 5.53. The van der Waals surface area contributed by atoms with E-state index in [1.807, 2.05) is 45.0 Å². The summed E-state index contributed by atoms with van der Waals surface area (Å²) in [5, 5.41) is 11.4. The molecular weight excluding hydrogens is 401 g/mol. The van der Waals surface area contributed by atoms with Crippen LogP contribution in [0.3, 0.4) is 0 Å². The lowest BCUT2D eigenvalue weighted by molar-refractivity contribution is -0.113. The van der Waals surface area contributed by atoms with Crippen molar-refractivity contribution in [3.8, 4) is 0 Å². The number of thioether (sulfide) groups is 1. The normalized spacial score (nSPS) is 15.5. The van der Waals surface area contributed by atoms with Crippen LogP contribution in [-0.2, 0) is 4.79 Å².